The summed E-state index contributed by atoms with van der Waals surface area (Å²) in [6.07, 6.45) is 4.81. The number of benzene rings is 7. The van der Waals surface area contributed by atoms with Crippen LogP contribution < -0.4 is 26.5 Å². The summed E-state index contributed by atoms with van der Waals surface area (Å²) in [5.41, 5.74) is 5.59. The fraction of sp³-hybridized carbons (Fsp3) is 0.0227. The van der Waals surface area contributed by atoms with E-state index in [-0.39, 0.29) is 21.1 Å². The van der Waals surface area contributed by atoms with E-state index in [0.717, 1.165) is 0 Å². The minimum atomic E-state index is -0.831. The summed E-state index contributed by atoms with van der Waals surface area (Å²) in [7, 11) is 8.06. The number of halogens is 2. The second-order valence-corrected chi connectivity index (χ2v) is 18.6. The monoisotopic (exact) mass is 795 g/mol. The van der Waals surface area contributed by atoms with Crippen LogP contribution in [0.15, 0.2) is 188 Å². The molecule has 7 aromatic rings. The van der Waals surface area contributed by atoms with E-state index in [9.17, 15) is 0 Å². The Labute approximate surface area is 308 Å². The van der Waals surface area contributed by atoms with E-state index in [2.05, 4.69) is 194 Å². The first kappa shape index (κ1) is 33.9. The Morgan fingerprint density at radius 3 is 1.53 bits per heavy atom. The van der Waals surface area contributed by atoms with Crippen molar-refractivity contribution in [1.29, 1.82) is 0 Å². The van der Waals surface area contributed by atoms with Crippen molar-refractivity contribution >= 4 is 78.6 Å². The molecule has 0 nitrogen and oxygen atoms in total. The van der Waals surface area contributed by atoms with Crippen molar-refractivity contribution in [3.05, 3.63) is 210 Å². The zero-order chi connectivity index (χ0) is 33.4. The van der Waals surface area contributed by atoms with Crippen LogP contribution in [0, 0.1) is 5.66 Å². The second kappa shape index (κ2) is 16.5. The Morgan fingerprint density at radius 1 is 0.490 bits per heavy atom. The number of hydrogen-bond acceptors (Lipinski definition) is 0. The quantitative estimate of drug-likeness (QED) is 0.0857. The van der Waals surface area contributed by atoms with E-state index in [1.165, 1.54) is 59.6 Å². The van der Waals surface area contributed by atoms with Gasteiger partial charge in [0.1, 0.15) is 0 Å². The van der Waals surface area contributed by atoms with Gasteiger partial charge in [-0.15, -0.1) is 13.5 Å². The summed E-state index contributed by atoms with van der Waals surface area (Å²) in [5, 5.41) is 9.54. The molecule has 0 spiro atoms. The summed E-state index contributed by atoms with van der Waals surface area (Å²) < 4.78 is 0. The molecular formula is C44H33Cl2P2Ru-. The van der Waals surface area contributed by atoms with Crippen molar-refractivity contribution in [2.24, 2.45) is 0 Å². The molecule has 5 heteroatoms. The topological polar surface area (TPSA) is 0 Å². The zero-order valence-corrected chi connectivity index (χ0v) is 31.6. The maximum atomic E-state index is 4.85. The number of allylic oxidation sites excluding steroid dienone is 1. The third-order valence-corrected chi connectivity index (χ3v) is 13.9. The Balaban J connectivity index is 0.00000122. The minimum absolute atomic E-state index is 0.0891. The molecular weight excluding hydrogens is 762 g/mol. The van der Waals surface area contributed by atoms with Crippen LogP contribution in [-0.2, 0) is 15.1 Å². The summed E-state index contributed by atoms with van der Waals surface area (Å²) in [4.78, 5) is 0. The van der Waals surface area contributed by atoms with Gasteiger partial charge in [0.2, 0.25) is 0 Å². The van der Waals surface area contributed by atoms with Gasteiger partial charge in [0.05, 0.1) is 0 Å². The maximum absolute atomic E-state index is 4.85. The molecule has 0 aromatic heterocycles. The van der Waals surface area contributed by atoms with E-state index in [1.807, 2.05) is 0 Å². The first-order valence-corrected chi connectivity index (χ1v) is 23.3. The van der Waals surface area contributed by atoms with Gasteiger partial charge in [-0.1, -0.05) is 188 Å². The van der Waals surface area contributed by atoms with Gasteiger partial charge < -0.3 is 0 Å². The molecule has 7 aromatic carbocycles. The first-order valence-electron chi connectivity index (χ1n) is 16.1. The summed E-state index contributed by atoms with van der Waals surface area (Å²) in [5.74, 6) is 0.0891. The molecule has 0 bridgehead atoms. The molecule has 1 aliphatic rings. The van der Waals surface area contributed by atoms with E-state index in [4.69, 9.17) is 19.4 Å². The molecule has 0 heterocycles. The average molecular weight is 796 g/mol. The predicted molar refractivity (Wildman–Crippen MR) is 214 cm³/mol. The molecule has 0 N–H and O–H groups in total. The standard InChI is InChI=1S/C44H33P2.2ClH.Ru/c1-5-19-35(20-6-1)45(36-21-7-2-8-22-36)41-31-29-33-17-13-15-27-39(33)43(41)44-40-28-16-14-18-34(40)30-32-42(44)46(37-23-9-3-10-24-37)38-25-11-4-12-26-38;;;/h1-32,43H;2*1H;/q-1;;;+2/p-2. The van der Waals surface area contributed by atoms with Crippen LogP contribution in [0.3, 0.4) is 0 Å². The summed E-state index contributed by atoms with van der Waals surface area (Å²) >= 11 is -0.346. The first-order chi connectivity index (χ1) is 24.3. The van der Waals surface area contributed by atoms with Crippen LogP contribution in [0.5, 0.6) is 0 Å². The Bertz CT molecular complexity index is 2060. The molecule has 0 aliphatic heterocycles. The molecule has 0 fully saturated rings. The van der Waals surface area contributed by atoms with Crippen molar-refractivity contribution in [3.63, 3.8) is 0 Å². The molecule has 1 aliphatic carbocycles. The Morgan fingerprint density at radius 2 is 0.959 bits per heavy atom. The zero-order valence-electron chi connectivity index (χ0n) is 26.6. The van der Waals surface area contributed by atoms with Gasteiger partial charge in [-0.2, -0.15) is 5.66 Å². The third-order valence-electron chi connectivity index (χ3n) is 8.83. The molecule has 0 radical (unpaired) electrons. The SMILES string of the molecule is C1=C[C-](P(c2ccccc2)c2ccccc2)C(c2c(P(c3ccccc3)c3ccccc3)ccc3ccccc23)c2ccccc21.[Cl][Ru][Cl]. The van der Waals surface area contributed by atoms with Crippen molar-refractivity contribution in [2.45, 2.75) is 5.92 Å². The van der Waals surface area contributed by atoms with Crippen molar-refractivity contribution in [2.75, 3.05) is 0 Å². The van der Waals surface area contributed by atoms with Crippen LogP contribution in [0.25, 0.3) is 16.8 Å². The van der Waals surface area contributed by atoms with Crippen LogP contribution in [0.1, 0.15) is 22.6 Å². The molecule has 0 amide bonds. The fourth-order valence-corrected chi connectivity index (χ4v) is 11.9. The van der Waals surface area contributed by atoms with Crippen molar-refractivity contribution < 1.29 is 15.1 Å². The Hall–Kier alpha value is -3.53. The van der Waals surface area contributed by atoms with Gasteiger partial charge in [-0.05, 0) is 56.7 Å². The van der Waals surface area contributed by atoms with E-state index >= 15 is 0 Å². The number of fused-ring (bicyclic) bond motifs is 2. The van der Waals surface area contributed by atoms with Crippen LogP contribution in [0.4, 0.5) is 0 Å². The van der Waals surface area contributed by atoms with Gasteiger partial charge >= 0.3 is 34.5 Å². The molecule has 0 saturated carbocycles. The molecule has 1 unspecified atom stereocenters. The summed E-state index contributed by atoms with van der Waals surface area (Å²) in [6.45, 7) is 0. The summed E-state index contributed by atoms with van der Waals surface area (Å²) in [6, 6.07) is 67.4. The van der Waals surface area contributed by atoms with E-state index < -0.39 is 15.8 Å². The molecule has 0 saturated heterocycles. The normalized spacial score (nSPS) is 13.7. The van der Waals surface area contributed by atoms with Crippen molar-refractivity contribution in [3.8, 4) is 0 Å². The molecule has 1 atom stereocenters. The average Bonchev–Trinajstić information content (AvgIpc) is 3.17. The van der Waals surface area contributed by atoms with Gasteiger partial charge in [0, 0.05) is 0 Å². The number of hydrogen-bond donors (Lipinski definition) is 0. The Kier molecular flexibility index (Phi) is 11.4. The van der Waals surface area contributed by atoms with E-state index in [0.29, 0.717) is 0 Å². The van der Waals surface area contributed by atoms with Crippen molar-refractivity contribution in [1.82, 2.24) is 0 Å². The van der Waals surface area contributed by atoms with Crippen LogP contribution in [0.2, 0.25) is 0 Å². The van der Waals surface area contributed by atoms with Crippen LogP contribution in [-0.4, -0.2) is 0 Å². The van der Waals surface area contributed by atoms with E-state index in [1.54, 1.807) is 0 Å². The predicted octanol–water partition coefficient (Wildman–Crippen LogP) is 10.8. The van der Waals surface area contributed by atoms with Gasteiger partial charge in [0.15, 0.2) is 0 Å². The van der Waals surface area contributed by atoms with Gasteiger partial charge in [-0.3, -0.25) is 0 Å². The van der Waals surface area contributed by atoms with Gasteiger partial charge in [0.25, 0.3) is 0 Å². The number of rotatable bonds is 7. The molecule has 49 heavy (non-hydrogen) atoms. The fourth-order valence-electron chi connectivity index (χ4n) is 6.83. The van der Waals surface area contributed by atoms with Crippen LogP contribution >= 0.6 is 35.2 Å². The van der Waals surface area contributed by atoms with Gasteiger partial charge in [-0.25, -0.2) is 12.2 Å². The molecule has 242 valence electrons. The second-order valence-electron chi connectivity index (χ2n) is 11.6. The third kappa shape index (κ3) is 7.35. The molecule has 8 rings (SSSR count).